The van der Waals surface area contributed by atoms with Crippen LogP contribution in [0.5, 0.6) is 0 Å². The van der Waals surface area contributed by atoms with Crippen LogP contribution < -0.4 is 10.2 Å². The van der Waals surface area contributed by atoms with Crippen molar-refractivity contribution in [2.24, 2.45) is 5.92 Å². The first-order valence-electron chi connectivity index (χ1n) is 6.93. The molecule has 1 N–H and O–H groups in total. The molecule has 1 unspecified atom stereocenters. The van der Waals surface area contributed by atoms with Gasteiger partial charge in [0.15, 0.2) is 5.13 Å². The molecule has 3 nitrogen and oxygen atoms in total. The summed E-state index contributed by atoms with van der Waals surface area (Å²) < 4.78 is 0. The van der Waals surface area contributed by atoms with Gasteiger partial charge in [0.2, 0.25) is 0 Å². The number of nitrogens with zero attached hydrogens (tertiary/aromatic N) is 2. The third-order valence-electron chi connectivity index (χ3n) is 3.51. The third kappa shape index (κ3) is 3.69. The molecule has 0 spiro atoms. The second-order valence-electron chi connectivity index (χ2n) is 5.10. The molecular formula is C14H27N3S. The molecule has 0 saturated carbocycles. The summed E-state index contributed by atoms with van der Waals surface area (Å²) >= 11 is 1.83. The van der Waals surface area contributed by atoms with Gasteiger partial charge in [-0.15, -0.1) is 11.3 Å². The van der Waals surface area contributed by atoms with E-state index in [1.54, 1.807) is 0 Å². The highest BCUT2D eigenvalue weighted by atomic mass is 32.1. The van der Waals surface area contributed by atoms with Crippen LogP contribution in [0.3, 0.4) is 0 Å². The largest absolute Gasteiger partial charge is 0.348 e. The zero-order valence-corrected chi connectivity index (χ0v) is 13.4. The fourth-order valence-corrected chi connectivity index (χ4v) is 2.96. The van der Waals surface area contributed by atoms with E-state index in [1.807, 2.05) is 11.3 Å². The average molecular weight is 269 g/mol. The minimum Gasteiger partial charge on any atom is -0.348 e. The molecule has 1 atom stereocenters. The van der Waals surface area contributed by atoms with Crippen LogP contribution in [0.4, 0.5) is 5.13 Å². The predicted octanol–water partition coefficient (Wildman–Crippen LogP) is 3.30. The topological polar surface area (TPSA) is 28.2 Å². The lowest BCUT2D eigenvalue weighted by atomic mass is 10.1. The van der Waals surface area contributed by atoms with Gasteiger partial charge < -0.3 is 10.2 Å². The van der Waals surface area contributed by atoms with Crippen LogP contribution in [0.15, 0.2) is 0 Å². The van der Waals surface area contributed by atoms with E-state index in [9.17, 15) is 0 Å². The number of nitrogens with one attached hydrogen (secondary N) is 1. The molecule has 0 bridgehead atoms. The van der Waals surface area contributed by atoms with E-state index < -0.39 is 0 Å². The van der Waals surface area contributed by atoms with Crippen molar-refractivity contribution in [3.05, 3.63) is 10.6 Å². The van der Waals surface area contributed by atoms with Crippen LogP contribution >= 0.6 is 11.3 Å². The second kappa shape index (κ2) is 7.10. The van der Waals surface area contributed by atoms with Gasteiger partial charge in [-0.3, -0.25) is 0 Å². The van der Waals surface area contributed by atoms with Crippen molar-refractivity contribution in [2.75, 3.05) is 18.5 Å². The maximum atomic E-state index is 4.79. The summed E-state index contributed by atoms with van der Waals surface area (Å²) in [7, 11) is 2.15. The molecule has 0 fully saturated rings. The molecule has 104 valence electrons. The van der Waals surface area contributed by atoms with Crippen LogP contribution in [0.2, 0.25) is 0 Å². The minimum absolute atomic E-state index is 0.521. The maximum Gasteiger partial charge on any atom is 0.185 e. The third-order valence-corrected chi connectivity index (χ3v) is 4.70. The molecule has 4 heteroatoms. The highest BCUT2D eigenvalue weighted by Gasteiger charge is 2.18. The van der Waals surface area contributed by atoms with Crippen LogP contribution in [-0.2, 0) is 13.0 Å². The summed E-state index contributed by atoms with van der Waals surface area (Å²) in [4.78, 5) is 8.49. The number of aromatic nitrogens is 1. The zero-order chi connectivity index (χ0) is 13.7. The molecule has 0 aliphatic rings. The smallest absolute Gasteiger partial charge is 0.185 e. The van der Waals surface area contributed by atoms with Gasteiger partial charge in [0.25, 0.3) is 0 Å². The van der Waals surface area contributed by atoms with Crippen LogP contribution in [0, 0.1) is 5.92 Å². The molecule has 0 aromatic carbocycles. The lowest BCUT2D eigenvalue weighted by molar-refractivity contribution is 0.505. The first kappa shape index (κ1) is 15.4. The van der Waals surface area contributed by atoms with Gasteiger partial charge >= 0.3 is 0 Å². The number of rotatable bonds is 7. The molecule has 1 rings (SSSR count). The normalized spacial score (nSPS) is 13.1. The molecule has 0 radical (unpaired) electrons. The van der Waals surface area contributed by atoms with Gasteiger partial charge in [0, 0.05) is 24.5 Å². The van der Waals surface area contributed by atoms with E-state index >= 15 is 0 Å². The lowest BCUT2D eigenvalue weighted by Crippen LogP contribution is -2.33. The fourth-order valence-electron chi connectivity index (χ4n) is 1.79. The Kier molecular flexibility index (Phi) is 6.09. The van der Waals surface area contributed by atoms with E-state index in [0.29, 0.717) is 12.0 Å². The Morgan fingerprint density at radius 2 is 1.94 bits per heavy atom. The van der Waals surface area contributed by atoms with Crippen molar-refractivity contribution >= 4 is 16.5 Å². The fraction of sp³-hybridized carbons (Fsp3) is 0.786. The Bertz CT molecular complexity index is 360. The van der Waals surface area contributed by atoms with E-state index in [-0.39, 0.29) is 0 Å². The number of hydrogen-bond acceptors (Lipinski definition) is 4. The van der Waals surface area contributed by atoms with E-state index in [4.69, 9.17) is 4.98 Å². The Labute approximate surface area is 116 Å². The van der Waals surface area contributed by atoms with Crippen molar-refractivity contribution < 1.29 is 0 Å². The average Bonchev–Trinajstić information content (AvgIpc) is 2.77. The molecule has 1 aromatic rings. The van der Waals surface area contributed by atoms with Gasteiger partial charge in [0.1, 0.15) is 0 Å². The standard InChI is InChI=1S/C14H27N3S/c1-7-12-13(9-15-8-2)18-14(16-12)17(6)11(5)10(3)4/h10-11,15H,7-9H2,1-6H3. The lowest BCUT2D eigenvalue weighted by Gasteiger charge is -2.27. The Hall–Kier alpha value is -0.610. The molecule has 0 amide bonds. The van der Waals surface area contributed by atoms with Crippen LogP contribution in [-0.4, -0.2) is 24.6 Å². The highest BCUT2D eigenvalue weighted by molar-refractivity contribution is 7.15. The van der Waals surface area contributed by atoms with Crippen molar-refractivity contribution in [1.82, 2.24) is 10.3 Å². The molecule has 18 heavy (non-hydrogen) atoms. The summed E-state index contributed by atoms with van der Waals surface area (Å²) in [6.45, 7) is 13.1. The van der Waals surface area contributed by atoms with Gasteiger partial charge in [-0.05, 0) is 25.8 Å². The molecular weight excluding hydrogens is 242 g/mol. The molecule has 0 aliphatic heterocycles. The first-order chi connectivity index (χ1) is 8.51. The monoisotopic (exact) mass is 269 g/mol. The molecule has 0 saturated heterocycles. The Balaban J connectivity index is 2.86. The first-order valence-corrected chi connectivity index (χ1v) is 7.74. The quantitative estimate of drug-likeness (QED) is 0.823. The van der Waals surface area contributed by atoms with Gasteiger partial charge in [-0.2, -0.15) is 0 Å². The molecule has 0 aliphatic carbocycles. The van der Waals surface area contributed by atoms with Gasteiger partial charge in [-0.1, -0.05) is 27.7 Å². The minimum atomic E-state index is 0.521. The Morgan fingerprint density at radius 1 is 1.28 bits per heavy atom. The van der Waals surface area contributed by atoms with Crippen molar-refractivity contribution in [3.63, 3.8) is 0 Å². The van der Waals surface area contributed by atoms with Gasteiger partial charge in [-0.25, -0.2) is 4.98 Å². The van der Waals surface area contributed by atoms with E-state index in [2.05, 4.69) is 51.9 Å². The molecule has 1 heterocycles. The summed E-state index contributed by atoms with van der Waals surface area (Å²) in [5, 5.41) is 4.55. The van der Waals surface area contributed by atoms with Crippen LogP contribution in [0.1, 0.15) is 45.2 Å². The molecule has 1 aromatic heterocycles. The predicted molar refractivity (Wildman–Crippen MR) is 81.6 cm³/mol. The summed E-state index contributed by atoms with van der Waals surface area (Å²) in [5.74, 6) is 0.640. The van der Waals surface area contributed by atoms with Crippen molar-refractivity contribution in [1.29, 1.82) is 0 Å². The summed E-state index contributed by atoms with van der Waals surface area (Å²) in [6, 6.07) is 0.521. The highest BCUT2D eigenvalue weighted by Crippen LogP contribution is 2.28. The van der Waals surface area contributed by atoms with Crippen molar-refractivity contribution in [2.45, 2.75) is 53.6 Å². The number of aryl methyl sites for hydroxylation is 1. The number of thiazole rings is 1. The summed E-state index contributed by atoms with van der Waals surface area (Å²) in [6.07, 6.45) is 1.02. The van der Waals surface area contributed by atoms with Crippen molar-refractivity contribution in [3.8, 4) is 0 Å². The second-order valence-corrected chi connectivity index (χ2v) is 6.16. The summed E-state index contributed by atoms with van der Waals surface area (Å²) in [5.41, 5.74) is 1.25. The SMILES string of the molecule is CCNCc1sc(N(C)C(C)C(C)C)nc1CC. The number of hydrogen-bond donors (Lipinski definition) is 1. The van der Waals surface area contributed by atoms with Gasteiger partial charge in [0.05, 0.1) is 5.69 Å². The zero-order valence-electron chi connectivity index (χ0n) is 12.6. The van der Waals surface area contributed by atoms with Crippen LogP contribution in [0.25, 0.3) is 0 Å². The van der Waals surface area contributed by atoms with E-state index in [0.717, 1.165) is 24.6 Å². The number of anilines is 1. The van der Waals surface area contributed by atoms with E-state index in [1.165, 1.54) is 10.6 Å². The Morgan fingerprint density at radius 3 is 2.44 bits per heavy atom. The maximum absolute atomic E-state index is 4.79.